The molecule has 1 aliphatic rings. The van der Waals surface area contributed by atoms with Gasteiger partial charge in [0.05, 0.1) is 12.8 Å². The second-order valence-corrected chi connectivity index (χ2v) is 4.65. The third-order valence-corrected chi connectivity index (χ3v) is 3.28. The molecular formula is C13H20N2O2. The van der Waals surface area contributed by atoms with Gasteiger partial charge in [-0.3, -0.25) is 0 Å². The van der Waals surface area contributed by atoms with Gasteiger partial charge < -0.3 is 15.1 Å². The lowest BCUT2D eigenvalue weighted by atomic mass is 9.89. The smallest absolute Gasteiger partial charge is 0.315 e. The van der Waals surface area contributed by atoms with Gasteiger partial charge in [0.25, 0.3) is 0 Å². The second kappa shape index (κ2) is 6.33. The summed E-state index contributed by atoms with van der Waals surface area (Å²) in [6.45, 7) is 1.24. The van der Waals surface area contributed by atoms with E-state index in [1.807, 2.05) is 12.1 Å². The summed E-state index contributed by atoms with van der Waals surface area (Å²) in [5.41, 5.74) is 0. The first-order chi connectivity index (χ1) is 8.34. The standard InChI is InChI=1S/C13H20N2O2/c16-13(15-10-12-7-4-8-17-12)14-9-11-5-2-1-3-6-11/h4,7-8,11H,1-3,5-6,9-10H2,(H2,14,15,16). The molecule has 0 aliphatic heterocycles. The number of nitrogens with one attached hydrogen (secondary N) is 2. The Kier molecular flexibility index (Phi) is 4.47. The fraction of sp³-hybridized carbons (Fsp3) is 0.615. The SMILES string of the molecule is O=C(NCc1ccco1)NCC1CCCCC1. The Balaban J connectivity index is 1.60. The maximum atomic E-state index is 11.5. The molecule has 1 fully saturated rings. The largest absolute Gasteiger partial charge is 0.467 e. The van der Waals surface area contributed by atoms with Crippen molar-refractivity contribution in [1.82, 2.24) is 10.6 Å². The Morgan fingerprint density at radius 1 is 1.29 bits per heavy atom. The maximum absolute atomic E-state index is 11.5. The zero-order valence-corrected chi connectivity index (χ0v) is 10.1. The molecule has 0 saturated heterocycles. The average molecular weight is 236 g/mol. The van der Waals surface area contributed by atoms with Crippen LogP contribution in [0.25, 0.3) is 0 Å². The van der Waals surface area contributed by atoms with Crippen LogP contribution in [0.1, 0.15) is 37.9 Å². The molecule has 0 bridgehead atoms. The fourth-order valence-electron chi connectivity index (χ4n) is 2.27. The molecular weight excluding hydrogens is 216 g/mol. The van der Waals surface area contributed by atoms with Gasteiger partial charge in [0.15, 0.2) is 0 Å². The number of rotatable bonds is 4. The quantitative estimate of drug-likeness (QED) is 0.844. The first-order valence-electron chi connectivity index (χ1n) is 6.38. The number of carbonyl (C=O) groups excluding carboxylic acids is 1. The minimum absolute atomic E-state index is 0.105. The zero-order valence-electron chi connectivity index (χ0n) is 10.1. The van der Waals surface area contributed by atoms with E-state index in [0.717, 1.165) is 12.3 Å². The highest BCUT2D eigenvalue weighted by Crippen LogP contribution is 2.22. The van der Waals surface area contributed by atoms with E-state index >= 15 is 0 Å². The van der Waals surface area contributed by atoms with Crippen LogP contribution in [0.5, 0.6) is 0 Å². The first-order valence-corrected chi connectivity index (χ1v) is 6.38. The van der Waals surface area contributed by atoms with Gasteiger partial charge in [-0.2, -0.15) is 0 Å². The molecule has 0 radical (unpaired) electrons. The number of urea groups is 1. The molecule has 1 aliphatic carbocycles. The summed E-state index contributed by atoms with van der Waals surface area (Å²) in [4.78, 5) is 11.5. The van der Waals surface area contributed by atoms with Crippen molar-refractivity contribution in [3.8, 4) is 0 Å². The van der Waals surface area contributed by atoms with E-state index < -0.39 is 0 Å². The van der Waals surface area contributed by atoms with E-state index in [1.54, 1.807) is 6.26 Å². The van der Waals surface area contributed by atoms with E-state index in [1.165, 1.54) is 32.1 Å². The molecule has 94 valence electrons. The van der Waals surface area contributed by atoms with Crippen molar-refractivity contribution in [3.63, 3.8) is 0 Å². The van der Waals surface area contributed by atoms with Crippen LogP contribution in [0.15, 0.2) is 22.8 Å². The van der Waals surface area contributed by atoms with Gasteiger partial charge in [0.2, 0.25) is 0 Å². The highest BCUT2D eigenvalue weighted by molar-refractivity contribution is 5.73. The molecule has 2 N–H and O–H groups in total. The molecule has 0 unspecified atom stereocenters. The summed E-state index contributed by atoms with van der Waals surface area (Å²) in [6, 6.07) is 3.56. The first kappa shape index (κ1) is 12.0. The van der Waals surface area contributed by atoms with Crippen molar-refractivity contribution in [1.29, 1.82) is 0 Å². The van der Waals surface area contributed by atoms with Crippen LogP contribution in [0.4, 0.5) is 4.79 Å². The van der Waals surface area contributed by atoms with E-state index in [0.29, 0.717) is 12.5 Å². The molecule has 17 heavy (non-hydrogen) atoms. The topological polar surface area (TPSA) is 54.3 Å². The minimum atomic E-state index is -0.105. The molecule has 0 atom stereocenters. The number of hydrogen-bond donors (Lipinski definition) is 2. The van der Waals surface area contributed by atoms with Gasteiger partial charge in [-0.15, -0.1) is 0 Å². The molecule has 0 aromatic carbocycles. The van der Waals surface area contributed by atoms with Gasteiger partial charge in [-0.05, 0) is 30.9 Å². The van der Waals surface area contributed by atoms with Crippen LogP contribution in [0.2, 0.25) is 0 Å². The van der Waals surface area contributed by atoms with Crippen LogP contribution in [-0.4, -0.2) is 12.6 Å². The van der Waals surface area contributed by atoms with Crippen LogP contribution in [0, 0.1) is 5.92 Å². The summed E-state index contributed by atoms with van der Waals surface area (Å²) in [5, 5.41) is 5.70. The molecule has 1 saturated carbocycles. The van der Waals surface area contributed by atoms with Gasteiger partial charge >= 0.3 is 6.03 Å². The Labute approximate surface area is 102 Å². The average Bonchev–Trinajstić information content (AvgIpc) is 2.88. The van der Waals surface area contributed by atoms with Gasteiger partial charge in [0, 0.05) is 6.54 Å². The Morgan fingerprint density at radius 2 is 2.12 bits per heavy atom. The lowest BCUT2D eigenvalue weighted by molar-refractivity contribution is 0.235. The molecule has 1 heterocycles. The van der Waals surface area contributed by atoms with Crippen molar-refractivity contribution in [2.24, 2.45) is 5.92 Å². The van der Waals surface area contributed by atoms with E-state index in [-0.39, 0.29) is 6.03 Å². The molecule has 4 nitrogen and oxygen atoms in total. The van der Waals surface area contributed by atoms with E-state index in [2.05, 4.69) is 10.6 Å². The van der Waals surface area contributed by atoms with Crippen LogP contribution >= 0.6 is 0 Å². The molecule has 2 rings (SSSR count). The van der Waals surface area contributed by atoms with Crippen molar-refractivity contribution < 1.29 is 9.21 Å². The number of hydrogen-bond acceptors (Lipinski definition) is 2. The Bertz CT molecular complexity index is 329. The predicted molar refractivity (Wildman–Crippen MR) is 65.5 cm³/mol. The monoisotopic (exact) mass is 236 g/mol. The third-order valence-electron chi connectivity index (χ3n) is 3.28. The fourth-order valence-corrected chi connectivity index (χ4v) is 2.27. The van der Waals surface area contributed by atoms with Crippen LogP contribution < -0.4 is 10.6 Å². The Hall–Kier alpha value is -1.45. The normalized spacial score (nSPS) is 16.7. The lowest BCUT2D eigenvalue weighted by Gasteiger charge is -2.21. The third kappa shape index (κ3) is 4.13. The van der Waals surface area contributed by atoms with E-state index in [9.17, 15) is 4.79 Å². The molecule has 4 heteroatoms. The summed E-state index contributed by atoms with van der Waals surface area (Å²) in [7, 11) is 0. The van der Waals surface area contributed by atoms with Crippen molar-refractivity contribution in [2.75, 3.05) is 6.54 Å². The summed E-state index contributed by atoms with van der Waals surface area (Å²) >= 11 is 0. The second-order valence-electron chi connectivity index (χ2n) is 4.65. The number of amides is 2. The minimum Gasteiger partial charge on any atom is -0.467 e. The van der Waals surface area contributed by atoms with Crippen molar-refractivity contribution in [2.45, 2.75) is 38.6 Å². The molecule has 1 aromatic rings. The molecule has 1 aromatic heterocycles. The van der Waals surface area contributed by atoms with Crippen molar-refractivity contribution in [3.05, 3.63) is 24.2 Å². The highest BCUT2D eigenvalue weighted by Gasteiger charge is 2.13. The van der Waals surface area contributed by atoms with E-state index in [4.69, 9.17) is 4.42 Å². The summed E-state index contributed by atoms with van der Waals surface area (Å²) in [5.74, 6) is 1.44. The maximum Gasteiger partial charge on any atom is 0.315 e. The van der Waals surface area contributed by atoms with Crippen molar-refractivity contribution >= 4 is 6.03 Å². The predicted octanol–water partition coefficient (Wildman–Crippen LogP) is 2.66. The lowest BCUT2D eigenvalue weighted by Crippen LogP contribution is -2.38. The Morgan fingerprint density at radius 3 is 2.82 bits per heavy atom. The van der Waals surface area contributed by atoms with Gasteiger partial charge in [0.1, 0.15) is 5.76 Å². The van der Waals surface area contributed by atoms with Gasteiger partial charge in [-0.1, -0.05) is 19.3 Å². The molecule has 2 amide bonds. The number of carbonyl (C=O) groups is 1. The zero-order chi connectivity index (χ0) is 11.9. The van der Waals surface area contributed by atoms with Crippen LogP contribution in [-0.2, 0) is 6.54 Å². The molecule has 0 spiro atoms. The summed E-state index contributed by atoms with van der Waals surface area (Å²) in [6.07, 6.45) is 8.07. The van der Waals surface area contributed by atoms with Crippen LogP contribution in [0.3, 0.4) is 0 Å². The number of furan rings is 1. The van der Waals surface area contributed by atoms with Gasteiger partial charge in [-0.25, -0.2) is 4.79 Å². The highest BCUT2D eigenvalue weighted by atomic mass is 16.3. The summed E-state index contributed by atoms with van der Waals surface area (Å²) < 4.78 is 5.14.